The molecule has 11 heavy (non-hydrogen) atoms. The number of hydrogen-bond acceptors (Lipinski definition) is 2. The van der Waals surface area contributed by atoms with E-state index in [1.54, 1.807) is 0 Å². The van der Waals surface area contributed by atoms with Gasteiger partial charge in [-0.05, 0) is 0 Å². The number of rotatable bonds is 0. The van der Waals surface area contributed by atoms with Gasteiger partial charge in [0.15, 0.2) is 0 Å². The highest BCUT2D eigenvalue weighted by molar-refractivity contribution is 7.86. The highest BCUT2D eigenvalue weighted by Crippen LogP contribution is 2.20. The summed E-state index contributed by atoms with van der Waals surface area (Å²) in [4.78, 5) is 1.50. The minimum Gasteiger partial charge on any atom is -0.373 e. The molecule has 0 rings (SSSR count). The maximum Gasteiger partial charge on any atom is 0.522 e. The summed E-state index contributed by atoms with van der Waals surface area (Å²) in [7, 11) is -5.84. The predicted molar refractivity (Wildman–Crippen MR) is 27.7 cm³/mol. The van der Waals surface area contributed by atoms with Gasteiger partial charge in [-0.2, -0.15) is 21.6 Å². The maximum absolute atomic E-state index is 10.7. The molecule has 66 valence electrons. The van der Waals surface area contributed by atoms with E-state index in [1.165, 1.54) is 4.91 Å². The molecule has 0 atom stereocenters. The van der Waals surface area contributed by atoms with Crippen molar-refractivity contribution in [3.63, 3.8) is 0 Å². The van der Waals surface area contributed by atoms with Crippen molar-refractivity contribution < 1.29 is 26.1 Å². The molecule has 0 heterocycles. The van der Waals surface area contributed by atoms with Gasteiger partial charge in [0.2, 0.25) is 0 Å². The molecule has 10 heteroatoms. The van der Waals surface area contributed by atoms with E-state index in [1.807, 2.05) is 0 Å². The minimum absolute atomic E-state index is 1.50. The second kappa shape index (κ2) is 4.01. The average molecular weight is 192 g/mol. The lowest BCUT2D eigenvalue weighted by atomic mass is 11.6. The zero-order valence-electron chi connectivity index (χ0n) is 4.65. The summed E-state index contributed by atoms with van der Waals surface area (Å²) in [5, 5.41) is 0. The van der Waals surface area contributed by atoms with Crippen LogP contribution >= 0.6 is 0 Å². The van der Waals surface area contributed by atoms with Gasteiger partial charge >= 0.3 is 15.6 Å². The number of hydrogen-bond donors (Lipinski definition) is 1. The highest BCUT2D eigenvalue weighted by atomic mass is 32.2. The summed E-state index contributed by atoms with van der Waals surface area (Å²) in [6.45, 7) is 0. The van der Waals surface area contributed by atoms with E-state index in [4.69, 9.17) is 24.0 Å². The molecule has 0 unspecified atom stereocenters. The molecule has 0 aromatic heterocycles. The Morgan fingerprint density at radius 2 is 1.36 bits per heavy atom. The molecule has 6 nitrogen and oxygen atoms in total. The zero-order chi connectivity index (χ0) is 9.71. The largest absolute Gasteiger partial charge is 0.522 e. The van der Waals surface area contributed by atoms with Crippen LogP contribution in [0.5, 0.6) is 0 Å². The fourth-order valence-electron chi connectivity index (χ4n) is 0. The predicted octanol–water partition coefficient (Wildman–Crippen LogP) is 1.26. The molecule has 0 saturated carbocycles. The highest BCUT2D eigenvalue weighted by Gasteiger charge is 2.44. The standard InChI is InChI=1S/CHF3O3S.N3/c2-1(3,4)8(5,6)7;1-3-2/h(H,5,6,7);/q;-1. The molecule has 0 radical (unpaired) electrons. The first-order chi connectivity index (χ1) is 4.66. The molecule has 0 aliphatic carbocycles. The van der Waals surface area contributed by atoms with Crippen LogP contribution in [0, 0.1) is 0 Å². The molecule has 0 aromatic rings. The van der Waals surface area contributed by atoms with Crippen molar-refractivity contribution >= 4 is 10.1 Å². The van der Waals surface area contributed by atoms with E-state index in [9.17, 15) is 13.2 Å². The van der Waals surface area contributed by atoms with Crippen molar-refractivity contribution in [1.29, 1.82) is 0 Å². The molecule has 0 amide bonds. The molecule has 0 aliphatic rings. The summed E-state index contributed by atoms with van der Waals surface area (Å²) in [5.74, 6) is 0. The van der Waals surface area contributed by atoms with Gasteiger partial charge < -0.3 is 11.1 Å². The lowest BCUT2D eigenvalue weighted by Crippen LogP contribution is -2.21. The van der Waals surface area contributed by atoms with Crippen LogP contribution in [0.15, 0.2) is 0 Å². The zero-order valence-corrected chi connectivity index (χ0v) is 5.46. The number of halogens is 3. The van der Waals surface area contributed by atoms with Crippen LogP contribution in [0.25, 0.3) is 16.0 Å². The van der Waals surface area contributed by atoms with Gasteiger partial charge in [0, 0.05) is 0 Å². The Morgan fingerprint density at radius 1 is 1.27 bits per heavy atom. The minimum atomic E-state index is -5.84. The van der Waals surface area contributed by atoms with Crippen molar-refractivity contribution in [3.05, 3.63) is 16.0 Å². The van der Waals surface area contributed by atoms with Crippen LogP contribution in [-0.2, 0) is 10.1 Å². The summed E-state index contributed by atoms with van der Waals surface area (Å²) in [5.41, 5.74) is 7.97. The van der Waals surface area contributed by atoms with Gasteiger partial charge in [-0.3, -0.25) is 9.46 Å². The van der Waals surface area contributed by atoms with Crippen LogP contribution in [0.1, 0.15) is 0 Å². The summed E-state index contributed by atoms with van der Waals surface area (Å²) in [6.07, 6.45) is 0. The van der Waals surface area contributed by atoms with Crippen LogP contribution < -0.4 is 0 Å². The van der Waals surface area contributed by atoms with Gasteiger partial charge in [0.25, 0.3) is 0 Å². The molecule has 0 saturated heterocycles. The molecule has 0 aliphatic heterocycles. The monoisotopic (exact) mass is 192 g/mol. The number of nitrogens with zero attached hydrogens (tertiary/aromatic N) is 3. The summed E-state index contributed by atoms with van der Waals surface area (Å²) >= 11 is 0. The maximum atomic E-state index is 10.7. The fraction of sp³-hybridized carbons (Fsp3) is 1.00. The SMILES string of the molecule is O=S(=O)(O)C(F)(F)F.[N-]=[N+]=[N-]. The lowest BCUT2D eigenvalue weighted by Gasteiger charge is -1.97. The lowest BCUT2D eigenvalue weighted by molar-refractivity contribution is -0.0510. The van der Waals surface area contributed by atoms with E-state index in [0.29, 0.717) is 0 Å². The summed E-state index contributed by atoms with van der Waals surface area (Å²) < 4.78 is 57.5. The van der Waals surface area contributed by atoms with Gasteiger partial charge in [-0.25, -0.2) is 0 Å². The molecular formula is CHF3N3O3S-. The van der Waals surface area contributed by atoms with E-state index in [2.05, 4.69) is 0 Å². The molecule has 0 spiro atoms. The molecule has 0 aromatic carbocycles. The van der Waals surface area contributed by atoms with Crippen molar-refractivity contribution in [1.82, 2.24) is 0 Å². The van der Waals surface area contributed by atoms with Gasteiger partial charge in [0.05, 0.1) is 0 Å². The second-order valence-electron chi connectivity index (χ2n) is 1.01. The average Bonchev–Trinajstić information content (AvgIpc) is 1.60. The first kappa shape index (κ1) is 12.7. The Morgan fingerprint density at radius 3 is 1.36 bits per heavy atom. The van der Waals surface area contributed by atoms with Crippen molar-refractivity contribution in [2.75, 3.05) is 0 Å². The van der Waals surface area contributed by atoms with E-state index >= 15 is 0 Å². The molecule has 0 fully saturated rings. The Labute approximate surface area is 58.8 Å². The Hall–Kier alpha value is -0.990. The Balaban J connectivity index is 0. The van der Waals surface area contributed by atoms with E-state index < -0.39 is 15.6 Å². The third-order valence-electron chi connectivity index (χ3n) is 0.292. The first-order valence-corrected chi connectivity index (χ1v) is 3.13. The molecule has 0 bridgehead atoms. The third kappa shape index (κ3) is 6.90. The fourth-order valence-corrected chi connectivity index (χ4v) is 0. The van der Waals surface area contributed by atoms with Crippen LogP contribution in [0.4, 0.5) is 13.2 Å². The van der Waals surface area contributed by atoms with Crippen molar-refractivity contribution in [3.8, 4) is 0 Å². The van der Waals surface area contributed by atoms with Crippen LogP contribution in [0.2, 0.25) is 0 Å². The van der Waals surface area contributed by atoms with Gasteiger partial charge in [-0.15, -0.1) is 0 Å². The first-order valence-electron chi connectivity index (χ1n) is 1.69. The quantitative estimate of drug-likeness (QED) is 0.205. The summed E-state index contributed by atoms with van der Waals surface area (Å²) in [6, 6.07) is 0. The van der Waals surface area contributed by atoms with Gasteiger partial charge in [-0.1, -0.05) is 0 Å². The normalized spacial score (nSPS) is 10.9. The Bertz CT molecular complexity index is 235. The van der Waals surface area contributed by atoms with E-state index in [-0.39, 0.29) is 0 Å². The third-order valence-corrected chi connectivity index (χ3v) is 0.877. The second-order valence-corrected chi connectivity index (χ2v) is 2.42. The number of alkyl halides is 3. The molecule has 1 N–H and O–H groups in total. The van der Waals surface area contributed by atoms with Crippen LogP contribution in [0.3, 0.4) is 0 Å². The van der Waals surface area contributed by atoms with E-state index in [0.717, 1.165) is 0 Å². The van der Waals surface area contributed by atoms with Gasteiger partial charge in [0.1, 0.15) is 0 Å². The molecular weight excluding hydrogens is 191 g/mol. The Kier molecular flexibility index (Phi) is 4.61. The van der Waals surface area contributed by atoms with Crippen molar-refractivity contribution in [2.45, 2.75) is 5.51 Å². The topological polar surface area (TPSA) is 113 Å². The van der Waals surface area contributed by atoms with Crippen molar-refractivity contribution in [2.24, 2.45) is 0 Å². The smallest absolute Gasteiger partial charge is 0.373 e. The van der Waals surface area contributed by atoms with Crippen LogP contribution in [-0.4, -0.2) is 18.5 Å².